The number of nitrogens with one attached hydrogen (secondary N) is 1. The van der Waals surface area contributed by atoms with E-state index in [1.807, 2.05) is 30.0 Å². The summed E-state index contributed by atoms with van der Waals surface area (Å²) >= 11 is 5.95. The van der Waals surface area contributed by atoms with Crippen molar-refractivity contribution in [1.82, 2.24) is 19.9 Å². The average molecular weight is 516 g/mol. The number of halogens is 1. The number of anilines is 1. The summed E-state index contributed by atoms with van der Waals surface area (Å²) in [7, 11) is 0. The summed E-state index contributed by atoms with van der Waals surface area (Å²) in [4.78, 5) is 28.5. The fourth-order valence-corrected chi connectivity index (χ4v) is 5.00. The minimum atomic E-state index is 0.0381. The number of rotatable bonds is 4. The minimum Gasteiger partial charge on any atom is -0.484 e. The van der Waals surface area contributed by atoms with Crippen molar-refractivity contribution in [3.8, 4) is 22.8 Å². The Morgan fingerprint density at radius 2 is 1.81 bits per heavy atom. The third-order valence-corrected chi connectivity index (χ3v) is 7.10. The number of likely N-dealkylation sites (tertiary alicyclic amines) is 1. The van der Waals surface area contributed by atoms with Crippen molar-refractivity contribution in [2.45, 2.75) is 25.8 Å². The third-order valence-electron chi connectivity index (χ3n) is 6.84. The van der Waals surface area contributed by atoms with Gasteiger partial charge in [0.05, 0.1) is 11.2 Å². The maximum Gasteiger partial charge on any atom is 0.257 e. The molecule has 2 aromatic carbocycles. The van der Waals surface area contributed by atoms with E-state index in [0.717, 1.165) is 40.6 Å². The number of aromatic nitrogens is 3. The number of amides is 1. The van der Waals surface area contributed by atoms with Gasteiger partial charge in [0.15, 0.2) is 5.75 Å². The zero-order chi connectivity index (χ0) is 25.4. The Morgan fingerprint density at radius 3 is 2.62 bits per heavy atom. The number of carbonyl (C=O) groups is 1. The maximum absolute atomic E-state index is 12.8. The topological polar surface area (TPSA) is 89.5 Å². The lowest BCUT2D eigenvalue weighted by atomic mass is 10.0. The first-order chi connectivity index (χ1) is 18.0. The van der Waals surface area contributed by atoms with Gasteiger partial charge in [0.2, 0.25) is 5.95 Å². The molecule has 0 saturated carbocycles. The highest BCUT2D eigenvalue weighted by Crippen LogP contribution is 2.39. The van der Waals surface area contributed by atoms with Crippen LogP contribution in [0.15, 0.2) is 54.7 Å². The molecule has 2 aliphatic rings. The monoisotopic (exact) mass is 515 g/mol. The number of hydrogen-bond donors (Lipinski definition) is 1. The van der Waals surface area contributed by atoms with Crippen LogP contribution >= 0.6 is 11.6 Å². The van der Waals surface area contributed by atoms with Crippen molar-refractivity contribution in [3.05, 3.63) is 71.0 Å². The molecule has 0 radical (unpaired) electrons. The maximum atomic E-state index is 12.8. The molecule has 0 atom stereocenters. The van der Waals surface area contributed by atoms with E-state index in [2.05, 4.69) is 16.4 Å². The molecule has 2 aliphatic heterocycles. The summed E-state index contributed by atoms with van der Waals surface area (Å²) in [6, 6.07) is 15.3. The molecule has 9 heteroatoms. The lowest BCUT2D eigenvalue weighted by molar-refractivity contribution is 0.0718. The lowest BCUT2D eigenvalue weighted by Gasteiger charge is -2.32. The van der Waals surface area contributed by atoms with Crippen LogP contribution in [0.4, 0.5) is 5.95 Å². The predicted molar refractivity (Wildman–Crippen MR) is 142 cm³/mol. The van der Waals surface area contributed by atoms with Gasteiger partial charge in [-0.3, -0.25) is 4.79 Å². The van der Waals surface area contributed by atoms with Crippen LogP contribution in [0.25, 0.3) is 22.0 Å². The number of carbonyl (C=O) groups excluding carboxylic acids is 1. The van der Waals surface area contributed by atoms with E-state index in [-0.39, 0.29) is 11.9 Å². The van der Waals surface area contributed by atoms with Crippen LogP contribution < -0.4 is 14.8 Å². The Hall–Kier alpha value is -3.91. The second-order valence-corrected chi connectivity index (χ2v) is 9.71. The van der Waals surface area contributed by atoms with Crippen LogP contribution in [0.1, 0.15) is 28.9 Å². The molecule has 2 aromatic heterocycles. The molecule has 8 nitrogen and oxygen atoms in total. The number of ether oxygens (including phenoxy) is 2. The number of nitrogens with zero attached hydrogens (tertiary/aromatic N) is 4. The van der Waals surface area contributed by atoms with Crippen LogP contribution in [0.5, 0.6) is 11.6 Å². The van der Waals surface area contributed by atoms with E-state index in [1.54, 1.807) is 30.5 Å². The van der Waals surface area contributed by atoms with Gasteiger partial charge in [-0.1, -0.05) is 17.7 Å². The van der Waals surface area contributed by atoms with Crippen LogP contribution in [0.2, 0.25) is 5.02 Å². The SMILES string of the molecule is Cc1nc(NC2CCN(C(=O)c3ccc(Cl)cc3)CC2)nc2ccc(-c3ccnc4c3OCCO4)cc12. The van der Waals surface area contributed by atoms with Gasteiger partial charge in [0, 0.05) is 46.9 Å². The molecular formula is C28H26ClN5O3. The molecule has 1 amide bonds. The fourth-order valence-electron chi connectivity index (χ4n) is 4.88. The van der Waals surface area contributed by atoms with Gasteiger partial charge in [-0.15, -0.1) is 0 Å². The highest BCUT2D eigenvalue weighted by atomic mass is 35.5. The van der Waals surface area contributed by atoms with Crippen molar-refractivity contribution in [3.63, 3.8) is 0 Å². The van der Waals surface area contributed by atoms with Crippen LogP contribution in [0.3, 0.4) is 0 Å². The Morgan fingerprint density at radius 1 is 1.03 bits per heavy atom. The smallest absolute Gasteiger partial charge is 0.257 e. The summed E-state index contributed by atoms with van der Waals surface area (Å²) in [6.45, 7) is 4.36. The molecule has 0 bridgehead atoms. The number of fused-ring (bicyclic) bond motifs is 2. The molecular weight excluding hydrogens is 490 g/mol. The molecule has 0 spiro atoms. The molecule has 6 rings (SSSR count). The molecule has 1 fully saturated rings. The van der Waals surface area contributed by atoms with E-state index in [9.17, 15) is 4.79 Å². The lowest BCUT2D eigenvalue weighted by Crippen LogP contribution is -2.42. The number of piperidine rings is 1. The first kappa shape index (κ1) is 23.5. The third kappa shape index (κ3) is 4.76. The van der Waals surface area contributed by atoms with Gasteiger partial charge in [0.1, 0.15) is 13.2 Å². The van der Waals surface area contributed by atoms with E-state index >= 15 is 0 Å². The highest BCUT2D eigenvalue weighted by molar-refractivity contribution is 6.30. The fraction of sp³-hybridized carbons (Fsp3) is 0.286. The summed E-state index contributed by atoms with van der Waals surface area (Å²) < 4.78 is 11.5. The Labute approximate surface area is 219 Å². The van der Waals surface area contributed by atoms with Crippen LogP contribution in [-0.4, -0.2) is 58.1 Å². The van der Waals surface area contributed by atoms with Crippen molar-refractivity contribution in [1.29, 1.82) is 0 Å². The molecule has 188 valence electrons. The van der Waals surface area contributed by atoms with E-state index in [4.69, 9.17) is 31.0 Å². The highest BCUT2D eigenvalue weighted by Gasteiger charge is 2.24. The van der Waals surface area contributed by atoms with Gasteiger partial charge in [-0.25, -0.2) is 15.0 Å². The molecule has 1 N–H and O–H groups in total. The molecule has 0 aliphatic carbocycles. The molecule has 37 heavy (non-hydrogen) atoms. The summed E-state index contributed by atoms with van der Waals surface area (Å²) in [5.74, 6) is 1.84. The normalized spacial score (nSPS) is 15.6. The summed E-state index contributed by atoms with van der Waals surface area (Å²) in [5.41, 5.74) is 4.36. The standard InChI is InChI=1S/C28H26ClN5O3/c1-17-23-16-19(22-8-11-30-26-25(22)36-14-15-37-26)4-7-24(23)33-28(31-17)32-21-9-12-34(13-10-21)27(35)18-2-5-20(29)6-3-18/h2-8,11,16,21H,9-10,12-15H2,1H3,(H,31,32,33). The zero-order valence-electron chi connectivity index (χ0n) is 20.4. The van der Waals surface area contributed by atoms with Crippen molar-refractivity contribution < 1.29 is 14.3 Å². The molecule has 0 unspecified atom stereocenters. The number of benzene rings is 2. The van der Waals surface area contributed by atoms with Crippen molar-refractivity contribution in [2.24, 2.45) is 0 Å². The Balaban J connectivity index is 1.16. The first-order valence-corrected chi connectivity index (χ1v) is 12.8. The van der Waals surface area contributed by atoms with E-state index < -0.39 is 0 Å². The Bertz CT molecular complexity index is 1470. The second-order valence-electron chi connectivity index (χ2n) is 9.27. The van der Waals surface area contributed by atoms with Crippen LogP contribution in [0, 0.1) is 6.92 Å². The van der Waals surface area contributed by atoms with Crippen molar-refractivity contribution >= 4 is 34.4 Å². The minimum absolute atomic E-state index is 0.0381. The summed E-state index contributed by atoms with van der Waals surface area (Å²) in [5, 5.41) is 5.09. The first-order valence-electron chi connectivity index (χ1n) is 12.4. The van der Waals surface area contributed by atoms with Gasteiger partial charge in [-0.05, 0) is 67.8 Å². The quantitative estimate of drug-likeness (QED) is 0.402. The molecule has 1 saturated heterocycles. The predicted octanol–water partition coefficient (Wildman–Crippen LogP) is 5.14. The molecule has 4 aromatic rings. The number of hydrogen-bond acceptors (Lipinski definition) is 7. The zero-order valence-corrected chi connectivity index (χ0v) is 21.2. The van der Waals surface area contributed by atoms with Gasteiger partial charge in [-0.2, -0.15) is 0 Å². The second kappa shape index (κ2) is 9.86. The summed E-state index contributed by atoms with van der Waals surface area (Å²) in [6.07, 6.45) is 3.39. The van der Waals surface area contributed by atoms with Gasteiger partial charge >= 0.3 is 0 Å². The van der Waals surface area contributed by atoms with Gasteiger partial charge < -0.3 is 19.7 Å². The van der Waals surface area contributed by atoms with Crippen LogP contribution in [-0.2, 0) is 0 Å². The van der Waals surface area contributed by atoms with Crippen molar-refractivity contribution in [2.75, 3.05) is 31.6 Å². The molecule has 4 heterocycles. The van der Waals surface area contributed by atoms with E-state index in [0.29, 0.717) is 54.5 Å². The van der Waals surface area contributed by atoms with E-state index in [1.165, 1.54) is 0 Å². The number of aryl methyl sites for hydroxylation is 1. The number of pyridine rings is 1. The van der Waals surface area contributed by atoms with Gasteiger partial charge in [0.25, 0.3) is 11.8 Å². The largest absolute Gasteiger partial charge is 0.484 e. The average Bonchev–Trinajstić information content (AvgIpc) is 2.93. The Kier molecular flexibility index (Phi) is 6.26.